The van der Waals surface area contributed by atoms with E-state index < -0.39 is 6.04 Å². The van der Waals surface area contributed by atoms with Crippen molar-refractivity contribution in [3.63, 3.8) is 0 Å². The molecule has 1 aromatic heterocycles. The van der Waals surface area contributed by atoms with Crippen LogP contribution in [0.4, 0.5) is 0 Å². The average Bonchev–Trinajstić information content (AvgIpc) is 3.09. The molecule has 1 fully saturated rings. The normalized spacial score (nSPS) is 16.9. The Morgan fingerprint density at radius 1 is 1.45 bits per heavy atom. The first kappa shape index (κ1) is 14.6. The maximum Gasteiger partial charge on any atom is 0.247 e. The second-order valence-corrected chi connectivity index (χ2v) is 5.41. The lowest BCUT2D eigenvalue weighted by atomic mass is 10.2. The van der Waals surface area contributed by atoms with Crippen LogP contribution in [0.3, 0.4) is 0 Å². The third-order valence-corrected chi connectivity index (χ3v) is 3.76. The monoisotopic (exact) mass is 278 g/mol. The molecule has 1 saturated carbocycles. The van der Waals surface area contributed by atoms with E-state index in [4.69, 9.17) is 0 Å². The lowest BCUT2D eigenvalue weighted by Gasteiger charge is -2.22. The molecule has 6 nitrogen and oxygen atoms in total. The maximum atomic E-state index is 12.2. The Bertz CT molecular complexity index is 452. The van der Waals surface area contributed by atoms with Gasteiger partial charge >= 0.3 is 0 Å². The Balaban J connectivity index is 1.82. The van der Waals surface area contributed by atoms with Crippen molar-refractivity contribution in [2.24, 2.45) is 0 Å². The maximum absolute atomic E-state index is 12.2. The van der Waals surface area contributed by atoms with Crippen molar-refractivity contribution in [1.82, 2.24) is 20.0 Å². The van der Waals surface area contributed by atoms with Crippen LogP contribution >= 0.6 is 0 Å². The van der Waals surface area contributed by atoms with Crippen LogP contribution < -0.4 is 5.32 Å². The number of aromatic nitrogens is 2. The lowest BCUT2D eigenvalue weighted by Crippen LogP contribution is -2.43. The standard InChI is InChI=1S/C14H22N4O2/c1-11(18-9-5-8-15-18)14(20)17(2)10-13(19)16-12-6-3-4-7-12/h5,8-9,11-12H,3-4,6-7,10H2,1-2H3,(H,16,19). The number of nitrogens with zero attached hydrogens (tertiary/aromatic N) is 3. The highest BCUT2D eigenvalue weighted by molar-refractivity contribution is 5.86. The molecular weight excluding hydrogens is 256 g/mol. The van der Waals surface area contributed by atoms with Crippen molar-refractivity contribution in [1.29, 1.82) is 0 Å². The first-order valence-electron chi connectivity index (χ1n) is 7.11. The quantitative estimate of drug-likeness (QED) is 0.872. The predicted molar refractivity (Wildman–Crippen MR) is 75.0 cm³/mol. The molecule has 1 atom stereocenters. The van der Waals surface area contributed by atoms with Gasteiger partial charge in [-0.1, -0.05) is 12.8 Å². The molecule has 0 bridgehead atoms. The highest BCUT2D eigenvalue weighted by Crippen LogP contribution is 2.17. The van der Waals surface area contributed by atoms with Crippen molar-refractivity contribution >= 4 is 11.8 Å². The fraction of sp³-hybridized carbons (Fsp3) is 0.643. The van der Waals surface area contributed by atoms with Crippen molar-refractivity contribution in [3.8, 4) is 0 Å². The molecule has 1 aromatic rings. The fourth-order valence-electron chi connectivity index (χ4n) is 2.58. The van der Waals surface area contributed by atoms with Gasteiger partial charge in [0.15, 0.2) is 0 Å². The molecular formula is C14H22N4O2. The largest absolute Gasteiger partial charge is 0.352 e. The number of hydrogen-bond donors (Lipinski definition) is 1. The second-order valence-electron chi connectivity index (χ2n) is 5.41. The van der Waals surface area contributed by atoms with Crippen molar-refractivity contribution in [3.05, 3.63) is 18.5 Å². The molecule has 1 aliphatic rings. The minimum Gasteiger partial charge on any atom is -0.352 e. The zero-order valence-corrected chi connectivity index (χ0v) is 12.1. The Labute approximate surface area is 119 Å². The van der Waals surface area contributed by atoms with Gasteiger partial charge in [-0.05, 0) is 25.8 Å². The topological polar surface area (TPSA) is 67.2 Å². The molecule has 2 rings (SSSR count). The highest BCUT2D eigenvalue weighted by Gasteiger charge is 2.23. The van der Waals surface area contributed by atoms with E-state index in [9.17, 15) is 9.59 Å². The fourth-order valence-corrected chi connectivity index (χ4v) is 2.58. The van der Waals surface area contributed by atoms with E-state index in [0.717, 1.165) is 12.8 Å². The zero-order chi connectivity index (χ0) is 14.5. The van der Waals surface area contributed by atoms with E-state index >= 15 is 0 Å². The molecule has 110 valence electrons. The van der Waals surface area contributed by atoms with Gasteiger partial charge in [-0.25, -0.2) is 0 Å². The van der Waals surface area contributed by atoms with Gasteiger partial charge in [-0.2, -0.15) is 5.10 Å². The van der Waals surface area contributed by atoms with Crippen LogP contribution in [0.5, 0.6) is 0 Å². The minimum atomic E-state index is -0.394. The van der Waals surface area contributed by atoms with Crippen LogP contribution in [0.1, 0.15) is 38.6 Å². The Morgan fingerprint density at radius 3 is 2.75 bits per heavy atom. The molecule has 0 radical (unpaired) electrons. The van der Waals surface area contributed by atoms with Crippen LogP contribution in [0.2, 0.25) is 0 Å². The first-order chi connectivity index (χ1) is 9.58. The number of carbonyl (C=O) groups excluding carboxylic acids is 2. The number of nitrogens with one attached hydrogen (secondary N) is 1. The van der Waals surface area contributed by atoms with Crippen LogP contribution in [-0.4, -0.2) is 46.1 Å². The van der Waals surface area contributed by atoms with E-state index in [0.29, 0.717) is 0 Å². The van der Waals surface area contributed by atoms with Gasteiger partial charge in [0.2, 0.25) is 11.8 Å². The Hall–Kier alpha value is -1.85. The van der Waals surface area contributed by atoms with Crippen LogP contribution in [0.25, 0.3) is 0 Å². The van der Waals surface area contributed by atoms with Crippen LogP contribution in [0.15, 0.2) is 18.5 Å². The van der Waals surface area contributed by atoms with Gasteiger partial charge in [0.05, 0.1) is 6.54 Å². The van der Waals surface area contributed by atoms with E-state index in [1.165, 1.54) is 17.7 Å². The summed E-state index contributed by atoms with van der Waals surface area (Å²) in [6.45, 7) is 1.88. The van der Waals surface area contributed by atoms with Gasteiger partial charge in [0.1, 0.15) is 6.04 Å². The van der Waals surface area contributed by atoms with E-state index in [-0.39, 0.29) is 24.4 Å². The SMILES string of the molecule is CC(C(=O)N(C)CC(=O)NC1CCCC1)n1cccn1. The smallest absolute Gasteiger partial charge is 0.247 e. The van der Waals surface area contributed by atoms with E-state index in [1.54, 1.807) is 37.1 Å². The summed E-state index contributed by atoms with van der Waals surface area (Å²) in [5.41, 5.74) is 0. The van der Waals surface area contributed by atoms with Gasteiger partial charge in [-0.3, -0.25) is 14.3 Å². The summed E-state index contributed by atoms with van der Waals surface area (Å²) in [6, 6.07) is 1.67. The molecule has 2 amide bonds. The van der Waals surface area contributed by atoms with Gasteiger partial charge in [-0.15, -0.1) is 0 Å². The predicted octanol–water partition coefficient (Wildman–Crippen LogP) is 0.961. The first-order valence-corrected chi connectivity index (χ1v) is 7.11. The summed E-state index contributed by atoms with van der Waals surface area (Å²) in [4.78, 5) is 25.5. The molecule has 6 heteroatoms. The summed E-state index contributed by atoms with van der Waals surface area (Å²) < 4.78 is 1.59. The van der Waals surface area contributed by atoms with Gasteiger partial charge in [0.25, 0.3) is 0 Å². The second kappa shape index (κ2) is 6.54. The number of amides is 2. The number of likely N-dealkylation sites (N-methyl/N-ethyl adjacent to an activating group) is 1. The van der Waals surface area contributed by atoms with Gasteiger partial charge in [0, 0.05) is 25.5 Å². The number of rotatable bonds is 5. The van der Waals surface area contributed by atoms with E-state index in [1.807, 2.05) is 0 Å². The summed E-state index contributed by atoms with van der Waals surface area (Å²) in [5.74, 6) is -0.198. The van der Waals surface area contributed by atoms with Crippen molar-refractivity contribution in [2.45, 2.75) is 44.7 Å². The van der Waals surface area contributed by atoms with Crippen LogP contribution in [0, 0.1) is 0 Å². The third kappa shape index (κ3) is 3.59. The minimum absolute atomic E-state index is 0.0829. The number of hydrogen-bond acceptors (Lipinski definition) is 3. The summed E-state index contributed by atoms with van der Waals surface area (Å²) in [6.07, 6.45) is 7.83. The highest BCUT2D eigenvalue weighted by atomic mass is 16.2. The summed E-state index contributed by atoms with van der Waals surface area (Å²) >= 11 is 0. The number of carbonyl (C=O) groups is 2. The Kier molecular flexibility index (Phi) is 4.76. The van der Waals surface area contributed by atoms with E-state index in [2.05, 4.69) is 10.4 Å². The van der Waals surface area contributed by atoms with Gasteiger partial charge < -0.3 is 10.2 Å². The molecule has 0 aliphatic heterocycles. The lowest BCUT2D eigenvalue weighted by molar-refractivity contribution is -0.137. The summed E-state index contributed by atoms with van der Waals surface area (Å²) in [7, 11) is 1.65. The van der Waals surface area contributed by atoms with Crippen molar-refractivity contribution < 1.29 is 9.59 Å². The molecule has 1 aliphatic carbocycles. The third-order valence-electron chi connectivity index (χ3n) is 3.76. The molecule has 1 N–H and O–H groups in total. The molecule has 1 unspecified atom stereocenters. The molecule has 0 saturated heterocycles. The Morgan fingerprint density at radius 2 is 2.15 bits per heavy atom. The van der Waals surface area contributed by atoms with Crippen LogP contribution in [-0.2, 0) is 9.59 Å². The average molecular weight is 278 g/mol. The molecule has 1 heterocycles. The molecule has 0 aromatic carbocycles. The van der Waals surface area contributed by atoms with Crippen molar-refractivity contribution in [2.75, 3.05) is 13.6 Å². The molecule has 0 spiro atoms. The summed E-state index contributed by atoms with van der Waals surface area (Å²) in [5, 5.41) is 7.03. The molecule has 20 heavy (non-hydrogen) atoms. The zero-order valence-electron chi connectivity index (χ0n) is 12.1.